The van der Waals surface area contributed by atoms with Crippen LogP contribution in [0.25, 0.3) is 10.9 Å². The summed E-state index contributed by atoms with van der Waals surface area (Å²) in [5.41, 5.74) is 1.66. The van der Waals surface area contributed by atoms with E-state index in [0.717, 1.165) is 17.6 Å². The molecule has 0 aliphatic carbocycles. The molecule has 32 heavy (non-hydrogen) atoms. The van der Waals surface area contributed by atoms with Crippen LogP contribution >= 0.6 is 0 Å². The molecular weight excluding hydrogens is 430 g/mol. The topological polar surface area (TPSA) is 91.9 Å². The second-order valence-corrected chi connectivity index (χ2v) is 9.73. The Bertz CT molecular complexity index is 1270. The Balaban J connectivity index is 1.69. The minimum atomic E-state index is -3.87. The van der Waals surface area contributed by atoms with Crippen LogP contribution in [0.2, 0.25) is 0 Å². The number of sulfonamides is 1. The van der Waals surface area contributed by atoms with Gasteiger partial charge in [0.1, 0.15) is 12.4 Å². The van der Waals surface area contributed by atoms with E-state index in [9.17, 15) is 13.2 Å². The van der Waals surface area contributed by atoms with Crippen LogP contribution in [0.3, 0.4) is 0 Å². The van der Waals surface area contributed by atoms with Crippen LogP contribution in [-0.2, 0) is 21.3 Å². The average molecular weight is 458 g/mol. The summed E-state index contributed by atoms with van der Waals surface area (Å²) in [6, 6.07) is 14.1. The molecule has 3 aromatic rings. The van der Waals surface area contributed by atoms with Gasteiger partial charge in [0.15, 0.2) is 0 Å². The standard InChI is InChI=1S/C23H27N3O5S/c1-25-11-13-31-22-15-19(8-9-21(22)25)32(28,29)26(10-5-12-30-2)16-18-14-17-6-3-4-7-20(17)24-23(18)27/h3-4,6-9,14-15H,5,10-13,16H2,1-2H3,(H,24,27). The van der Waals surface area contributed by atoms with E-state index in [4.69, 9.17) is 9.47 Å². The van der Waals surface area contributed by atoms with Crippen molar-refractivity contribution in [1.29, 1.82) is 0 Å². The summed E-state index contributed by atoms with van der Waals surface area (Å²) in [4.78, 5) is 17.7. The van der Waals surface area contributed by atoms with Crippen LogP contribution < -0.4 is 15.2 Å². The molecule has 9 heteroatoms. The normalized spacial score (nSPS) is 13.9. The Morgan fingerprint density at radius 1 is 1.19 bits per heavy atom. The summed E-state index contributed by atoms with van der Waals surface area (Å²) in [5.74, 6) is 0.542. The molecule has 0 bridgehead atoms. The number of rotatable bonds is 8. The van der Waals surface area contributed by atoms with Gasteiger partial charge in [-0.3, -0.25) is 4.79 Å². The monoisotopic (exact) mass is 457 g/mol. The van der Waals surface area contributed by atoms with Gasteiger partial charge in [0.25, 0.3) is 5.56 Å². The van der Waals surface area contributed by atoms with Gasteiger partial charge in [-0.1, -0.05) is 18.2 Å². The van der Waals surface area contributed by atoms with Crippen LogP contribution in [0.5, 0.6) is 5.75 Å². The lowest BCUT2D eigenvalue weighted by atomic mass is 10.1. The quantitative estimate of drug-likeness (QED) is 0.523. The predicted molar refractivity (Wildman–Crippen MR) is 124 cm³/mol. The van der Waals surface area contributed by atoms with Gasteiger partial charge >= 0.3 is 0 Å². The van der Waals surface area contributed by atoms with Crippen molar-refractivity contribution < 1.29 is 17.9 Å². The molecule has 4 rings (SSSR count). The number of fused-ring (bicyclic) bond motifs is 2. The first-order valence-corrected chi connectivity index (χ1v) is 11.9. The number of nitrogens with one attached hydrogen (secondary N) is 1. The third-order valence-electron chi connectivity index (χ3n) is 5.60. The lowest BCUT2D eigenvalue weighted by Crippen LogP contribution is -2.34. The molecule has 2 heterocycles. The first kappa shape index (κ1) is 22.3. The number of benzene rings is 2. The van der Waals surface area contributed by atoms with Gasteiger partial charge in [-0.05, 0) is 36.1 Å². The first-order valence-electron chi connectivity index (χ1n) is 10.5. The molecule has 1 aliphatic rings. The van der Waals surface area contributed by atoms with Crippen molar-refractivity contribution in [3.8, 4) is 5.75 Å². The number of H-pyrrole nitrogens is 1. The molecule has 8 nitrogen and oxygen atoms in total. The molecule has 0 fully saturated rings. The first-order chi connectivity index (χ1) is 15.4. The second kappa shape index (κ2) is 9.32. The molecule has 0 unspecified atom stereocenters. The Morgan fingerprint density at radius 3 is 2.81 bits per heavy atom. The highest BCUT2D eigenvalue weighted by atomic mass is 32.2. The van der Waals surface area contributed by atoms with Crippen LogP contribution in [-0.4, -0.2) is 58.2 Å². The summed E-state index contributed by atoms with van der Waals surface area (Å²) < 4.78 is 39.3. The van der Waals surface area contributed by atoms with Gasteiger partial charge in [-0.25, -0.2) is 8.42 Å². The Kier molecular flexibility index (Phi) is 6.50. The molecule has 170 valence electrons. The van der Waals surface area contributed by atoms with E-state index in [-0.39, 0.29) is 23.5 Å². The van der Waals surface area contributed by atoms with E-state index >= 15 is 0 Å². The van der Waals surface area contributed by atoms with Gasteiger partial charge in [0.05, 0.1) is 17.1 Å². The number of para-hydroxylation sites is 1. The zero-order chi connectivity index (χ0) is 22.7. The molecule has 0 amide bonds. The Morgan fingerprint density at radius 2 is 2.00 bits per heavy atom. The predicted octanol–water partition coefficient (Wildman–Crippen LogP) is 2.58. The molecule has 2 aromatic carbocycles. The van der Waals surface area contributed by atoms with E-state index in [1.807, 2.05) is 36.2 Å². The van der Waals surface area contributed by atoms with Crippen LogP contribution in [0.4, 0.5) is 5.69 Å². The fourth-order valence-corrected chi connectivity index (χ4v) is 5.29. The summed E-state index contributed by atoms with van der Waals surface area (Å²) in [5, 5.41) is 0.849. The van der Waals surface area contributed by atoms with Crippen molar-refractivity contribution in [1.82, 2.24) is 9.29 Å². The number of anilines is 1. The van der Waals surface area contributed by atoms with Gasteiger partial charge in [0, 0.05) is 51.0 Å². The average Bonchev–Trinajstić information content (AvgIpc) is 2.78. The molecule has 0 atom stereocenters. The summed E-state index contributed by atoms with van der Waals surface area (Å²) in [6.07, 6.45) is 0.505. The zero-order valence-corrected chi connectivity index (χ0v) is 19.0. The Hall–Kier alpha value is -2.88. The highest BCUT2D eigenvalue weighted by Crippen LogP contribution is 2.34. The number of hydrogen-bond acceptors (Lipinski definition) is 6. The molecular formula is C23H27N3O5S. The number of nitrogens with zero attached hydrogens (tertiary/aromatic N) is 2. The Labute approximate surface area is 187 Å². The van der Waals surface area contributed by atoms with Crippen molar-refractivity contribution in [2.24, 2.45) is 0 Å². The number of aromatic amines is 1. The minimum Gasteiger partial charge on any atom is -0.490 e. The number of pyridine rings is 1. The fraction of sp³-hybridized carbons (Fsp3) is 0.348. The lowest BCUT2D eigenvalue weighted by Gasteiger charge is -2.28. The maximum absolute atomic E-state index is 13.6. The molecule has 1 aliphatic heterocycles. The van der Waals surface area contributed by atoms with Crippen molar-refractivity contribution in [3.63, 3.8) is 0 Å². The van der Waals surface area contributed by atoms with E-state index in [0.29, 0.717) is 36.5 Å². The summed E-state index contributed by atoms with van der Waals surface area (Å²) in [6.45, 7) is 1.84. The van der Waals surface area contributed by atoms with Crippen LogP contribution in [0.1, 0.15) is 12.0 Å². The number of methoxy groups -OCH3 is 1. The van der Waals surface area contributed by atoms with Crippen molar-refractivity contribution in [2.75, 3.05) is 45.4 Å². The van der Waals surface area contributed by atoms with Crippen molar-refractivity contribution >= 4 is 26.6 Å². The highest BCUT2D eigenvalue weighted by Gasteiger charge is 2.27. The third-order valence-corrected chi connectivity index (χ3v) is 7.44. The smallest absolute Gasteiger partial charge is 0.252 e. The maximum atomic E-state index is 13.6. The SMILES string of the molecule is COCCCN(Cc1cc2ccccc2[nH]c1=O)S(=O)(=O)c1ccc2c(c1)OCCN2C. The largest absolute Gasteiger partial charge is 0.490 e. The number of ether oxygens (including phenoxy) is 2. The van der Waals surface area contributed by atoms with Crippen LogP contribution in [0, 0.1) is 0 Å². The number of hydrogen-bond donors (Lipinski definition) is 1. The molecule has 0 saturated heterocycles. The zero-order valence-electron chi connectivity index (χ0n) is 18.2. The number of likely N-dealkylation sites (N-methyl/N-ethyl adjacent to an activating group) is 1. The summed E-state index contributed by atoms with van der Waals surface area (Å²) in [7, 11) is -0.358. The lowest BCUT2D eigenvalue weighted by molar-refractivity contribution is 0.186. The van der Waals surface area contributed by atoms with E-state index in [1.54, 1.807) is 31.4 Å². The van der Waals surface area contributed by atoms with E-state index in [2.05, 4.69) is 4.98 Å². The molecule has 0 saturated carbocycles. The van der Waals surface area contributed by atoms with E-state index < -0.39 is 10.0 Å². The molecule has 0 spiro atoms. The van der Waals surface area contributed by atoms with E-state index in [1.165, 1.54) is 4.31 Å². The van der Waals surface area contributed by atoms with Gasteiger partial charge < -0.3 is 19.4 Å². The highest BCUT2D eigenvalue weighted by molar-refractivity contribution is 7.89. The molecule has 1 N–H and O–H groups in total. The van der Waals surface area contributed by atoms with Crippen molar-refractivity contribution in [2.45, 2.75) is 17.9 Å². The fourth-order valence-electron chi connectivity index (χ4n) is 3.82. The third kappa shape index (κ3) is 4.50. The van der Waals surface area contributed by atoms with Crippen LogP contribution in [0.15, 0.2) is 58.2 Å². The molecule has 1 aromatic heterocycles. The molecule has 0 radical (unpaired) electrons. The van der Waals surface area contributed by atoms with Gasteiger partial charge in [0.2, 0.25) is 10.0 Å². The number of aromatic nitrogens is 1. The second-order valence-electron chi connectivity index (χ2n) is 7.80. The van der Waals surface area contributed by atoms with Gasteiger partial charge in [-0.2, -0.15) is 4.31 Å². The van der Waals surface area contributed by atoms with Crippen molar-refractivity contribution in [3.05, 3.63) is 64.4 Å². The van der Waals surface area contributed by atoms with Gasteiger partial charge in [-0.15, -0.1) is 0 Å². The minimum absolute atomic E-state index is 0.0376. The maximum Gasteiger partial charge on any atom is 0.252 e. The summed E-state index contributed by atoms with van der Waals surface area (Å²) >= 11 is 0.